The van der Waals surface area contributed by atoms with E-state index in [-0.39, 0.29) is 11.5 Å². The van der Waals surface area contributed by atoms with Crippen molar-refractivity contribution in [2.75, 3.05) is 0 Å². The van der Waals surface area contributed by atoms with Gasteiger partial charge in [0.1, 0.15) is 0 Å². The van der Waals surface area contributed by atoms with Gasteiger partial charge in [-0.15, -0.1) is 0 Å². The highest BCUT2D eigenvalue weighted by molar-refractivity contribution is 5.15. The minimum absolute atomic E-state index is 0.213. The predicted octanol–water partition coefficient (Wildman–Crippen LogP) is 1.49. The molecular formula is C11H18N2O. The second-order valence-corrected chi connectivity index (χ2v) is 4.62. The number of hydrogen-bond acceptors (Lipinski definition) is 3. The van der Waals surface area contributed by atoms with Crippen LogP contribution in [-0.2, 0) is 0 Å². The van der Waals surface area contributed by atoms with E-state index in [0.29, 0.717) is 0 Å². The molecule has 2 atom stereocenters. The third kappa shape index (κ3) is 2.53. The predicted molar refractivity (Wildman–Crippen MR) is 56.6 cm³/mol. The Kier molecular flexibility index (Phi) is 3.24. The Balaban J connectivity index is 2.81. The third-order valence-electron chi connectivity index (χ3n) is 2.30. The van der Waals surface area contributed by atoms with E-state index >= 15 is 0 Å². The molecule has 1 aromatic rings. The Morgan fingerprint density at radius 2 is 2.07 bits per heavy atom. The average molecular weight is 194 g/mol. The van der Waals surface area contributed by atoms with Crippen molar-refractivity contribution >= 4 is 0 Å². The summed E-state index contributed by atoms with van der Waals surface area (Å²) in [5.41, 5.74) is 6.59. The van der Waals surface area contributed by atoms with E-state index in [9.17, 15) is 5.11 Å². The molecule has 0 saturated heterocycles. The molecule has 3 N–H and O–H groups in total. The zero-order valence-corrected chi connectivity index (χ0v) is 8.94. The first-order valence-corrected chi connectivity index (χ1v) is 4.76. The van der Waals surface area contributed by atoms with E-state index < -0.39 is 6.10 Å². The molecule has 0 fully saturated rings. The maximum absolute atomic E-state index is 9.95. The molecule has 14 heavy (non-hydrogen) atoms. The first kappa shape index (κ1) is 11.1. The highest BCUT2D eigenvalue weighted by Gasteiger charge is 2.28. The van der Waals surface area contributed by atoms with Gasteiger partial charge in [-0.1, -0.05) is 26.8 Å². The molecule has 0 radical (unpaired) electrons. The maximum Gasteiger partial charge on any atom is 0.0781 e. The van der Waals surface area contributed by atoms with Crippen LogP contribution in [-0.4, -0.2) is 16.2 Å². The number of aromatic nitrogens is 1. The van der Waals surface area contributed by atoms with Gasteiger partial charge in [-0.2, -0.15) is 0 Å². The smallest absolute Gasteiger partial charge is 0.0781 e. The summed E-state index contributed by atoms with van der Waals surface area (Å²) >= 11 is 0. The number of aliphatic hydroxyl groups excluding tert-OH is 1. The summed E-state index contributed by atoms with van der Waals surface area (Å²) in [4.78, 5) is 3.98. The van der Waals surface area contributed by atoms with Crippen molar-refractivity contribution in [1.82, 2.24) is 4.98 Å². The molecule has 0 aliphatic carbocycles. The lowest BCUT2D eigenvalue weighted by molar-refractivity contribution is 0.0400. The molecule has 0 aliphatic heterocycles. The van der Waals surface area contributed by atoms with Crippen LogP contribution < -0.4 is 5.73 Å². The summed E-state index contributed by atoms with van der Waals surface area (Å²) in [6.45, 7) is 5.90. The van der Waals surface area contributed by atoms with E-state index in [0.717, 1.165) is 5.56 Å². The Hall–Kier alpha value is -0.930. The van der Waals surface area contributed by atoms with Gasteiger partial charge in [0.2, 0.25) is 0 Å². The van der Waals surface area contributed by atoms with Crippen molar-refractivity contribution in [3.8, 4) is 0 Å². The fourth-order valence-corrected chi connectivity index (χ4v) is 1.29. The summed E-state index contributed by atoms with van der Waals surface area (Å²) in [5.74, 6) is 0. The second kappa shape index (κ2) is 4.07. The van der Waals surface area contributed by atoms with E-state index in [1.165, 1.54) is 0 Å². The van der Waals surface area contributed by atoms with Gasteiger partial charge in [0.05, 0.1) is 12.1 Å². The minimum atomic E-state index is -0.563. The summed E-state index contributed by atoms with van der Waals surface area (Å²) in [7, 11) is 0. The normalized spacial score (nSPS) is 16.4. The second-order valence-electron chi connectivity index (χ2n) is 4.62. The lowest BCUT2D eigenvalue weighted by Crippen LogP contribution is -2.36. The van der Waals surface area contributed by atoms with Crippen molar-refractivity contribution in [3.05, 3.63) is 30.1 Å². The van der Waals surface area contributed by atoms with E-state index in [1.54, 1.807) is 12.4 Å². The van der Waals surface area contributed by atoms with Gasteiger partial charge in [0.25, 0.3) is 0 Å². The van der Waals surface area contributed by atoms with Crippen molar-refractivity contribution in [2.24, 2.45) is 11.1 Å². The van der Waals surface area contributed by atoms with Crippen LogP contribution in [0.2, 0.25) is 0 Å². The van der Waals surface area contributed by atoms with Crippen molar-refractivity contribution in [1.29, 1.82) is 0 Å². The van der Waals surface area contributed by atoms with Crippen LogP contribution in [0.5, 0.6) is 0 Å². The van der Waals surface area contributed by atoms with Crippen LogP contribution in [0.3, 0.4) is 0 Å². The molecule has 0 aliphatic rings. The number of pyridine rings is 1. The summed E-state index contributed by atoms with van der Waals surface area (Å²) in [6, 6.07) is 3.33. The lowest BCUT2D eigenvalue weighted by atomic mass is 9.83. The first-order valence-electron chi connectivity index (χ1n) is 4.76. The van der Waals surface area contributed by atoms with Crippen molar-refractivity contribution in [2.45, 2.75) is 32.9 Å². The monoisotopic (exact) mass is 194 g/mol. The average Bonchev–Trinajstić information content (AvgIpc) is 2.15. The number of nitrogens with zero attached hydrogens (tertiary/aromatic N) is 1. The van der Waals surface area contributed by atoms with Crippen molar-refractivity contribution in [3.63, 3.8) is 0 Å². The van der Waals surface area contributed by atoms with Crippen LogP contribution in [0.15, 0.2) is 24.5 Å². The highest BCUT2D eigenvalue weighted by Crippen LogP contribution is 2.27. The molecule has 2 unspecified atom stereocenters. The Bertz CT molecular complexity index is 279. The fraction of sp³-hybridized carbons (Fsp3) is 0.545. The third-order valence-corrected chi connectivity index (χ3v) is 2.30. The Morgan fingerprint density at radius 1 is 1.43 bits per heavy atom. The first-order chi connectivity index (χ1) is 6.43. The number of aliphatic hydroxyl groups is 1. The molecule has 0 saturated carbocycles. The lowest BCUT2D eigenvalue weighted by Gasteiger charge is -2.30. The summed E-state index contributed by atoms with van der Waals surface area (Å²) < 4.78 is 0. The number of hydrogen-bond donors (Lipinski definition) is 2. The van der Waals surface area contributed by atoms with E-state index in [2.05, 4.69) is 4.98 Å². The summed E-state index contributed by atoms with van der Waals surface area (Å²) in [5, 5.41) is 9.95. The van der Waals surface area contributed by atoms with Crippen molar-refractivity contribution < 1.29 is 5.11 Å². The van der Waals surface area contributed by atoms with Gasteiger partial charge in [-0.25, -0.2) is 0 Å². The zero-order valence-electron chi connectivity index (χ0n) is 8.94. The van der Waals surface area contributed by atoms with E-state index in [1.807, 2.05) is 32.9 Å². The van der Waals surface area contributed by atoms with Gasteiger partial charge in [-0.3, -0.25) is 4.98 Å². The van der Waals surface area contributed by atoms with Gasteiger partial charge < -0.3 is 10.8 Å². The molecule has 1 aromatic heterocycles. The number of nitrogens with two attached hydrogens (primary N) is 1. The molecule has 1 heterocycles. The van der Waals surface area contributed by atoms with Gasteiger partial charge in [0.15, 0.2) is 0 Å². The van der Waals surface area contributed by atoms with Crippen LogP contribution in [0, 0.1) is 5.41 Å². The highest BCUT2D eigenvalue weighted by atomic mass is 16.3. The Labute approximate surface area is 85.0 Å². The molecule has 0 aromatic carbocycles. The maximum atomic E-state index is 9.95. The topological polar surface area (TPSA) is 59.1 Å². The molecule has 3 nitrogen and oxygen atoms in total. The van der Waals surface area contributed by atoms with Crippen LogP contribution in [0.25, 0.3) is 0 Å². The van der Waals surface area contributed by atoms with Gasteiger partial charge >= 0.3 is 0 Å². The SMILES string of the molecule is CC(C)(C)C(O)C(N)c1cccnc1. The molecule has 0 amide bonds. The van der Waals surface area contributed by atoms with Crippen LogP contribution >= 0.6 is 0 Å². The fourth-order valence-electron chi connectivity index (χ4n) is 1.29. The molecular weight excluding hydrogens is 176 g/mol. The van der Waals surface area contributed by atoms with E-state index in [4.69, 9.17) is 5.73 Å². The number of rotatable bonds is 2. The minimum Gasteiger partial charge on any atom is -0.391 e. The van der Waals surface area contributed by atoms with Gasteiger partial charge in [0, 0.05) is 12.4 Å². The molecule has 0 spiro atoms. The largest absolute Gasteiger partial charge is 0.391 e. The summed E-state index contributed by atoms with van der Waals surface area (Å²) in [6.07, 6.45) is 2.82. The Morgan fingerprint density at radius 3 is 2.50 bits per heavy atom. The van der Waals surface area contributed by atoms with Crippen LogP contribution in [0.4, 0.5) is 0 Å². The molecule has 1 rings (SSSR count). The van der Waals surface area contributed by atoms with Crippen LogP contribution in [0.1, 0.15) is 32.4 Å². The molecule has 0 bridgehead atoms. The zero-order chi connectivity index (χ0) is 10.8. The quantitative estimate of drug-likeness (QED) is 0.750. The standard InChI is InChI=1S/C11H18N2O/c1-11(2,3)10(14)9(12)8-5-4-6-13-7-8/h4-7,9-10,14H,12H2,1-3H3. The molecule has 3 heteroatoms. The molecule has 78 valence electrons. The van der Waals surface area contributed by atoms with Gasteiger partial charge in [-0.05, 0) is 17.0 Å².